The number of aryl methyl sites for hydroxylation is 1. The van der Waals surface area contributed by atoms with Crippen LogP contribution >= 0.6 is 0 Å². The van der Waals surface area contributed by atoms with Crippen LogP contribution in [0.25, 0.3) is 0 Å². The third-order valence-corrected chi connectivity index (χ3v) is 6.34. The molecule has 0 bridgehead atoms. The minimum absolute atomic E-state index is 0.112. The highest BCUT2D eigenvalue weighted by molar-refractivity contribution is 6.39. The van der Waals surface area contributed by atoms with Crippen LogP contribution in [-0.4, -0.2) is 76.3 Å². The quantitative estimate of drug-likeness (QED) is 0.244. The van der Waals surface area contributed by atoms with Gasteiger partial charge in [-0.25, -0.2) is 24.8 Å². The molecule has 2 aliphatic rings. The van der Waals surface area contributed by atoms with Gasteiger partial charge in [-0.2, -0.15) is 0 Å². The molecule has 12 nitrogen and oxygen atoms in total. The first-order valence-electron chi connectivity index (χ1n) is 11.8. The molecule has 2 unspecified atom stereocenters. The Morgan fingerprint density at radius 1 is 1.32 bits per heavy atom. The molecule has 0 radical (unpaired) electrons. The lowest BCUT2D eigenvalue weighted by atomic mass is 9.90. The highest BCUT2D eigenvalue weighted by atomic mass is 19.1. The van der Waals surface area contributed by atoms with E-state index >= 15 is 0 Å². The molecule has 7 N–H and O–H groups in total. The Bertz CT molecular complexity index is 1250. The summed E-state index contributed by atoms with van der Waals surface area (Å²) in [5, 5.41) is 18.6. The number of aliphatic hydroxyl groups is 2. The highest BCUT2D eigenvalue weighted by Gasteiger charge is 2.35. The number of anilines is 1. The number of hydrogen-bond acceptors (Lipinski definition) is 12. The van der Waals surface area contributed by atoms with Crippen LogP contribution < -0.4 is 16.9 Å². The van der Waals surface area contributed by atoms with Crippen molar-refractivity contribution in [2.24, 2.45) is 20.7 Å². The zero-order valence-corrected chi connectivity index (χ0v) is 20.8. The van der Waals surface area contributed by atoms with Gasteiger partial charge in [0.05, 0.1) is 48.0 Å². The van der Waals surface area contributed by atoms with Crippen molar-refractivity contribution in [1.29, 1.82) is 0 Å². The Morgan fingerprint density at radius 2 is 2.11 bits per heavy atom. The average Bonchev–Trinajstić information content (AvgIpc) is 2.87. The number of ether oxygens (including phenoxy) is 1. The average molecular weight is 515 g/mol. The smallest absolute Gasteiger partial charge is 0.220 e. The normalized spacial score (nSPS) is 23.8. The lowest BCUT2D eigenvalue weighted by Gasteiger charge is -2.32. The number of nitrogen functional groups attached to an aromatic ring is 1. The maximum atomic E-state index is 14.4. The van der Waals surface area contributed by atoms with E-state index < -0.39 is 29.9 Å². The molecule has 3 heterocycles. The third kappa shape index (κ3) is 5.65. The summed E-state index contributed by atoms with van der Waals surface area (Å²) in [6.45, 7) is 3.24. The predicted octanol–water partition coefficient (Wildman–Crippen LogP) is 0.336. The van der Waals surface area contributed by atoms with Crippen molar-refractivity contribution < 1.29 is 24.2 Å². The number of aromatic nitrogens is 2. The van der Waals surface area contributed by atoms with Gasteiger partial charge in [0.15, 0.2) is 11.6 Å². The number of hydrogen-bond donors (Lipinski definition) is 5. The van der Waals surface area contributed by atoms with E-state index in [0.29, 0.717) is 46.0 Å². The number of fused-ring (bicyclic) bond motifs is 1. The summed E-state index contributed by atoms with van der Waals surface area (Å²) in [6.07, 6.45) is 0.472. The Hall–Kier alpha value is -3.36. The molecule has 13 heteroatoms. The second-order valence-corrected chi connectivity index (χ2v) is 8.97. The van der Waals surface area contributed by atoms with Crippen LogP contribution in [0.3, 0.4) is 0 Å². The molecule has 198 valence electrons. The summed E-state index contributed by atoms with van der Waals surface area (Å²) in [4.78, 5) is 28.0. The monoisotopic (exact) mass is 514 g/mol. The van der Waals surface area contributed by atoms with E-state index in [0.717, 1.165) is 0 Å². The molecular formula is C24H31FN8O4. The molecule has 4 rings (SSSR count). The van der Waals surface area contributed by atoms with Gasteiger partial charge in [0.2, 0.25) is 5.95 Å². The molecular weight excluding hydrogens is 483 g/mol. The van der Waals surface area contributed by atoms with Crippen LogP contribution in [0.4, 0.5) is 10.3 Å². The topological polar surface area (TPSA) is 186 Å². The fourth-order valence-electron chi connectivity index (χ4n) is 4.18. The molecule has 0 spiro atoms. The summed E-state index contributed by atoms with van der Waals surface area (Å²) in [6, 6.07) is 3.86. The molecule has 2 aromatic rings. The van der Waals surface area contributed by atoms with E-state index in [1.165, 1.54) is 25.5 Å². The standard InChI is InChI=1S/C24H31FN8O4/c1-12-20-18(31-23(27)29-12)9-17(30-21(20)33-37-7-6-14(35)11-34)15-5-4-13(25)8-16(15)19-10-28-22(26)24(2,32-19)36-3/h4-5,8,10,14,17,22,34-35H,6-7,9,11,26H2,1-3H3,(H,30,33)(H2,27,29,31)/t14-,17+,22?,24?/m0/s1. The lowest BCUT2D eigenvalue weighted by Crippen LogP contribution is -2.47. The maximum Gasteiger partial charge on any atom is 0.220 e. The summed E-state index contributed by atoms with van der Waals surface area (Å²) < 4.78 is 19.9. The van der Waals surface area contributed by atoms with E-state index in [4.69, 9.17) is 31.1 Å². The molecule has 0 aliphatic carbocycles. The van der Waals surface area contributed by atoms with Gasteiger partial charge in [-0.15, -0.1) is 0 Å². The number of benzene rings is 1. The van der Waals surface area contributed by atoms with Crippen molar-refractivity contribution in [3.63, 3.8) is 0 Å². The van der Waals surface area contributed by atoms with Gasteiger partial charge in [-0.1, -0.05) is 6.07 Å². The number of aliphatic hydroxyl groups excluding tert-OH is 2. The third-order valence-electron chi connectivity index (χ3n) is 6.34. The first-order chi connectivity index (χ1) is 17.6. The number of halogens is 1. The number of aliphatic imine (C=N–C) groups is 3. The number of nitrogens with two attached hydrogens (primary N) is 2. The fraction of sp³-hybridized carbons (Fsp3) is 0.458. The van der Waals surface area contributed by atoms with Gasteiger partial charge in [0.1, 0.15) is 12.0 Å². The van der Waals surface area contributed by atoms with Crippen LogP contribution in [0.1, 0.15) is 47.5 Å². The number of nitrogens with one attached hydrogen (secondary N) is 1. The van der Waals surface area contributed by atoms with Gasteiger partial charge >= 0.3 is 0 Å². The predicted molar refractivity (Wildman–Crippen MR) is 136 cm³/mol. The lowest BCUT2D eigenvalue weighted by molar-refractivity contribution is -0.00618. The van der Waals surface area contributed by atoms with Crippen LogP contribution in [-0.2, 0) is 16.0 Å². The highest BCUT2D eigenvalue weighted by Crippen LogP contribution is 2.33. The molecule has 0 saturated heterocycles. The molecule has 1 aromatic carbocycles. The van der Waals surface area contributed by atoms with E-state index in [-0.39, 0.29) is 25.6 Å². The van der Waals surface area contributed by atoms with Crippen molar-refractivity contribution in [2.75, 3.05) is 26.1 Å². The number of methoxy groups -OCH3 is 1. The molecule has 4 atom stereocenters. The van der Waals surface area contributed by atoms with Crippen LogP contribution in [0, 0.1) is 12.7 Å². The Morgan fingerprint density at radius 3 is 2.84 bits per heavy atom. The summed E-state index contributed by atoms with van der Waals surface area (Å²) in [7, 11) is 1.49. The summed E-state index contributed by atoms with van der Waals surface area (Å²) in [5.41, 5.74) is 17.2. The molecule has 37 heavy (non-hydrogen) atoms. The second-order valence-electron chi connectivity index (χ2n) is 8.97. The van der Waals surface area contributed by atoms with Gasteiger partial charge in [0, 0.05) is 31.7 Å². The van der Waals surface area contributed by atoms with E-state index in [2.05, 4.69) is 25.4 Å². The van der Waals surface area contributed by atoms with Crippen molar-refractivity contribution >= 4 is 23.7 Å². The summed E-state index contributed by atoms with van der Waals surface area (Å²) >= 11 is 0. The SMILES string of the molecule is COC1(C)N=C(c2cc(F)ccc2[C@H]2Cc3nc(N)nc(C)c3C(NOCC[C@H](O)CO)=N2)C=NC1N. The van der Waals surface area contributed by atoms with E-state index in [1.807, 2.05) is 0 Å². The van der Waals surface area contributed by atoms with Gasteiger partial charge < -0.3 is 26.4 Å². The number of hydroxylamine groups is 1. The number of amidine groups is 1. The fourth-order valence-corrected chi connectivity index (χ4v) is 4.18. The van der Waals surface area contributed by atoms with Gasteiger partial charge in [0.25, 0.3) is 0 Å². The van der Waals surface area contributed by atoms with Crippen LogP contribution in [0.2, 0.25) is 0 Å². The van der Waals surface area contributed by atoms with Gasteiger partial charge in [-0.05, 0) is 31.5 Å². The van der Waals surface area contributed by atoms with Crippen LogP contribution in [0.15, 0.2) is 33.2 Å². The summed E-state index contributed by atoms with van der Waals surface area (Å²) in [5.74, 6) is 0.0345. The van der Waals surface area contributed by atoms with E-state index in [1.54, 1.807) is 19.9 Å². The Kier molecular flexibility index (Phi) is 7.90. The molecule has 0 fully saturated rings. The maximum absolute atomic E-state index is 14.4. The molecule has 2 aliphatic heterocycles. The van der Waals surface area contributed by atoms with Gasteiger partial charge in [-0.3, -0.25) is 14.8 Å². The number of nitrogens with zero attached hydrogens (tertiary/aromatic N) is 5. The van der Waals surface area contributed by atoms with Crippen molar-refractivity contribution in [2.45, 2.75) is 50.7 Å². The van der Waals surface area contributed by atoms with Crippen LogP contribution in [0.5, 0.6) is 0 Å². The van der Waals surface area contributed by atoms with Crippen molar-refractivity contribution in [1.82, 2.24) is 15.4 Å². The Labute approximate surface area is 213 Å². The molecule has 0 amide bonds. The largest absolute Gasteiger partial charge is 0.394 e. The van der Waals surface area contributed by atoms with Crippen molar-refractivity contribution in [3.05, 3.63) is 52.1 Å². The molecule has 0 saturated carbocycles. The zero-order chi connectivity index (χ0) is 26.7. The molecule has 1 aromatic heterocycles. The van der Waals surface area contributed by atoms with E-state index in [9.17, 15) is 9.50 Å². The minimum atomic E-state index is -1.12. The minimum Gasteiger partial charge on any atom is -0.394 e. The number of rotatable bonds is 8. The zero-order valence-electron chi connectivity index (χ0n) is 20.8. The Balaban J connectivity index is 1.74. The van der Waals surface area contributed by atoms with Crippen molar-refractivity contribution in [3.8, 4) is 0 Å². The second kappa shape index (κ2) is 10.9. The first kappa shape index (κ1) is 26.7. The first-order valence-corrected chi connectivity index (χ1v) is 11.8.